The topological polar surface area (TPSA) is 35.2 Å². The fourth-order valence-corrected chi connectivity index (χ4v) is 0.804. The minimum Gasteiger partial charge on any atom is -0.367 e. The van der Waals surface area contributed by atoms with E-state index >= 15 is 0 Å². The average molecular weight is 213 g/mol. The van der Waals surface area contributed by atoms with E-state index in [4.69, 9.17) is 5.73 Å². The highest BCUT2D eigenvalue weighted by Gasteiger charge is 2.39. The second kappa shape index (κ2) is 4.98. The number of ether oxygens (including phenoxy) is 1. The molecule has 86 valence electrons. The van der Waals surface area contributed by atoms with E-state index in [1.165, 1.54) is 0 Å². The maximum atomic E-state index is 12.1. The normalized spacial score (nSPS) is 15.6. The zero-order valence-electron chi connectivity index (χ0n) is 8.82. The summed E-state index contributed by atoms with van der Waals surface area (Å²) in [6.07, 6.45) is -5.60. The van der Waals surface area contributed by atoms with Gasteiger partial charge in [0.05, 0.1) is 0 Å². The van der Waals surface area contributed by atoms with Crippen molar-refractivity contribution < 1.29 is 17.9 Å². The van der Waals surface area contributed by atoms with Crippen LogP contribution < -0.4 is 5.73 Å². The Morgan fingerprint density at radius 1 is 1.21 bits per heavy atom. The zero-order chi connectivity index (χ0) is 11.4. The van der Waals surface area contributed by atoms with E-state index in [1.54, 1.807) is 0 Å². The fourth-order valence-electron chi connectivity index (χ4n) is 0.804. The number of halogens is 3. The maximum Gasteiger partial charge on any atom is 0.415 e. The fraction of sp³-hybridized carbons (Fsp3) is 1.00. The first-order chi connectivity index (χ1) is 6.17. The van der Waals surface area contributed by atoms with E-state index in [0.717, 1.165) is 0 Å². The molecule has 0 saturated carbocycles. The Morgan fingerprint density at radius 2 is 1.71 bits per heavy atom. The minimum absolute atomic E-state index is 0.0231. The lowest BCUT2D eigenvalue weighted by atomic mass is 9.93. The largest absolute Gasteiger partial charge is 0.415 e. The van der Waals surface area contributed by atoms with Gasteiger partial charge in [0, 0.05) is 13.2 Å². The number of rotatable bonds is 4. The molecular weight excluding hydrogens is 195 g/mol. The van der Waals surface area contributed by atoms with Crippen molar-refractivity contribution in [3.8, 4) is 0 Å². The molecule has 1 unspecified atom stereocenters. The standard InChI is InChI=1S/C9H18F3NO/c1-8(2,3)4-5-14-7(6-13)9(10,11)12/h7H,4-6,13H2,1-3H3. The van der Waals surface area contributed by atoms with Crippen molar-refractivity contribution in [3.63, 3.8) is 0 Å². The van der Waals surface area contributed by atoms with Crippen LogP contribution in [0.1, 0.15) is 27.2 Å². The predicted molar refractivity (Wildman–Crippen MR) is 48.9 cm³/mol. The van der Waals surface area contributed by atoms with Crippen molar-refractivity contribution in [1.82, 2.24) is 0 Å². The van der Waals surface area contributed by atoms with Crippen molar-refractivity contribution in [1.29, 1.82) is 0 Å². The lowest BCUT2D eigenvalue weighted by Gasteiger charge is -2.22. The van der Waals surface area contributed by atoms with Crippen LogP contribution in [0.4, 0.5) is 13.2 Å². The second-order valence-corrected chi connectivity index (χ2v) is 4.45. The molecule has 0 aliphatic rings. The molecule has 1 atom stereocenters. The summed E-state index contributed by atoms with van der Waals surface area (Å²) in [6.45, 7) is 5.41. The number of hydrogen-bond acceptors (Lipinski definition) is 2. The van der Waals surface area contributed by atoms with Gasteiger partial charge in [-0.05, 0) is 11.8 Å². The van der Waals surface area contributed by atoms with Crippen LogP contribution in [0.5, 0.6) is 0 Å². The summed E-state index contributed by atoms with van der Waals surface area (Å²) in [5.74, 6) is 0. The Kier molecular flexibility index (Phi) is 4.88. The number of alkyl halides is 3. The first-order valence-corrected chi connectivity index (χ1v) is 4.55. The first kappa shape index (κ1) is 13.7. The van der Waals surface area contributed by atoms with Gasteiger partial charge in [0.25, 0.3) is 0 Å². The van der Waals surface area contributed by atoms with Gasteiger partial charge in [-0.15, -0.1) is 0 Å². The Bertz CT molecular complexity index is 162. The molecule has 0 aromatic heterocycles. The molecular formula is C9H18F3NO. The molecule has 0 heterocycles. The SMILES string of the molecule is CC(C)(C)CCOC(CN)C(F)(F)F. The quantitative estimate of drug-likeness (QED) is 0.777. The van der Waals surface area contributed by atoms with Gasteiger partial charge in [-0.25, -0.2) is 0 Å². The van der Waals surface area contributed by atoms with Gasteiger partial charge in [-0.1, -0.05) is 20.8 Å². The second-order valence-electron chi connectivity index (χ2n) is 4.45. The number of nitrogens with two attached hydrogens (primary N) is 1. The summed E-state index contributed by atoms with van der Waals surface area (Å²) >= 11 is 0. The van der Waals surface area contributed by atoms with Gasteiger partial charge < -0.3 is 10.5 Å². The maximum absolute atomic E-state index is 12.1. The smallest absolute Gasteiger partial charge is 0.367 e. The molecule has 0 aromatic rings. The van der Waals surface area contributed by atoms with Crippen LogP contribution in [0.2, 0.25) is 0 Å². The number of hydrogen-bond donors (Lipinski definition) is 1. The molecule has 2 nitrogen and oxygen atoms in total. The first-order valence-electron chi connectivity index (χ1n) is 4.55. The van der Waals surface area contributed by atoms with Gasteiger partial charge >= 0.3 is 6.18 Å². The van der Waals surface area contributed by atoms with Crippen molar-refractivity contribution >= 4 is 0 Å². The summed E-state index contributed by atoms with van der Waals surface area (Å²) in [5.41, 5.74) is 4.94. The Hall–Kier alpha value is -0.290. The lowest BCUT2D eigenvalue weighted by Crippen LogP contribution is -2.38. The van der Waals surface area contributed by atoms with Crippen molar-refractivity contribution in [2.75, 3.05) is 13.2 Å². The molecule has 0 fully saturated rings. The van der Waals surface area contributed by atoms with Crippen molar-refractivity contribution in [2.24, 2.45) is 11.1 Å². The van der Waals surface area contributed by atoms with Crippen LogP contribution >= 0.6 is 0 Å². The Morgan fingerprint density at radius 3 is 2.00 bits per heavy atom. The molecule has 0 rings (SSSR count). The van der Waals surface area contributed by atoms with E-state index in [-0.39, 0.29) is 12.0 Å². The molecule has 5 heteroatoms. The van der Waals surface area contributed by atoms with Crippen LogP contribution in [0.15, 0.2) is 0 Å². The van der Waals surface area contributed by atoms with Crippen molar-refractivity contribution in [2.45, 2.75) is 39.5 Å². The van der Waals surface area contributed by atoms with Crippen LogP contribution in [0.25, 0.3) is 0 Å². The van der Waals surface area contributed by atoms with Crippen LogP contribution in [0.3, 0.4) is 0 Å². The van der Waals surface area contributed by atoms with E-state index < -0.39 is 18.8 Å². The van der Waals surface area contributed by atoms with Crippen LogP contribution in [-0.2, 0) is 4.74 Å². The van der Waals surface area contributed by atoms with Gasteiger partial charge in [-0.3, -0.25) is 0 Å². The zero-order valence-corrected chi connectivity index (χ0v) is 8.82. The van der Waals surface area contributed by atoms with Gasteiger partial charge in [0.15, 0.2) is 6.10 Å². The molecule has 0 aromatic carbocycles. The van der Waals surface area contributed by atoms with E-state index in [9.17, 15) is 13.2 Å². The lowest BCUT2D eigenvalue weighted by molar-refractivity contribution is -0.217. The van der Waals surface area contributed by atoms with E-state index in [1.807, 2.05) is 20.8 Å². The molecule has 0 aliphatic heterocycles. The monoisotopic (exact) mass is 213 g/mol. The summed E-state index contributed by atoms with van der Waals surface area (Å²) in [6, 6.07) is 0. The molecule has 2 N–H and O–H groups in total. The summed E-state index contributed by atoms with van der Waals surface area (Å²) < 4.78 is 41.1. The third-order valence-electron chi connectivity index (χ3n) is 1.75. The van der Waals surface area contributed by atoms with Gasteiger partial charge in [0.1, 0.15) is 0 Å². The van der Waals surface area contributed by atoms with Crippen LogP contribution in [0, 0.1) is 5.41 Å². The molecule has 14 heavy (non-hydrogen) atoms. The molecule has 0 bridgehead atoms. The molecule has 0 radical (unpaired) electrons. The van der Waals surface area contributed by atoms with Gasteiger partial charge in [-0.2, -0.15) is 13.2 Å². The predicted octanol–water partition coefficient (Wildman–Crippen LogP) is 2.33. The van der Waals surface area contributed by atoms with E-state index in [0.29, 0.717) is 6.42 Å². The summed E-state index contributed by atoms with van der Waals surface area (Å²) in [4.78, 5) is 0. The third kappa shape index (κ3) is 6.21. The highest BCUT2D eigenvalue weighted by atomic mass is 19.4. The van der Waals surface area contributed by atoms with Gasteiger partial charge in [0.2, 0.25) is 0 Å². The molecule has 0 aliphatic carbocycles. The highest BCUT2D eigenvalue weighted by Crippen LogP contribution is 2.24. The van der Waals surface area contributed by atoms with Crippen LogP contribution in [-0.4, -0.2) is 25.4 Å². The highest BCUT2D eigenvalue weighted by molar-refractivity contribution is 4.69. The van der Waals surface area contributed by atoms with Crippen molar-refractivity contribution in [3.05, 3.63) is 0 Å². The molecule has 0 spiro atoms. The van der Waals surface area contributed by atoms with E-state index in [2.05, 4.69) is 4.74 Å². The third-order valence-corrected chi connectivity index (χ3v) is 1.75. The Labute approximate surface area is 82.6 Å². The summed E-state index contributed by atoms with van der Waals surface area (Å²) in [5, 5.41) is 0. The molecule has 0 amide bonds. The minimum atomic E-state index is -4.35. The Balaban J connectivity index is 3.87. The molecule has 0 saturated heterocycles. The summed E-state index contributed by atoms with van der Waals surface area (Å²) in [7, 11) is 0. The average Bonchev–Trinajstić information content (AvgIpc) is 1.93.